The third kappa shape index (κ3) is 3.11. The van der Waals surface area contributed by atoms with Crippen LogP contribution in [0, 0.1) is 5.82 Å². The Balaban J connectivity index is 1.47. The standard InChI is InChI=1S/C17H12FN5O2S/c18-9-5-6-10-12(7-9)20-16(25)15(10)23-22-14(24)8-19-17-21-11-3-1-2-4-13(11)26-17/h1-7,20,25H,8H2,(H,19,21). The summed E-state index contributed by atoms with van der Waals surface area (Å²) in [6.07, 6.45) is 0. The van der Waals surface area contributed by atoms with Crippen LogP contribution >= 0.6 is 11.3 Å². The van der Waals surface area contributed by atoms with Gasteiger partial charge in [-0.25, -0.2) is 9.37 Å². The van der Waals surface area contributed by atoms with E-state index in [0.717, 1.165) is 10.2 Å². The first kappa shape index (κ1) is 16.2. The Labute approximate surface area is 150 Å². The van der Waals surface area contributed by atoms with Gasteiger partial charge >= 0.3 is 0 Å². The van der Waals surface area contributed by atoms with Gasteiger partial charge in [-0.2, -0.15) is 0 Å². The molecule has 9 heteroatoms. The topological polar surface area (TPSA) is 103 Å². The van der Waals surface area contributed by atoms with Crippen molar-refractivity contribution in [3.8, 4) is 5.88 Å². The molecule has 2 heterocycles. The number of rotatable bonds is 4. The number of anilines is 1. The molecular formula is C17H12FN5O2S. The lowest BCUT2D eigenvalue weighted by atomic mass is 10.2. The van der Waals surface area contributed by atoms with E-state index in [1.54, 1.807) is 0 Å². The van der Waals surface area contributed by atoms with Crippen LogP contribution in [-0.4, -0.2) is 27.5 Å². The van der Waals surface area contributed by atoms with E-state index in [1.807, 2.05) is 24.3 Å². The SMILES string of the molecule is O=C(CNc1nc2ccccc2s1)N=Nc1c(O)[nH]c2cc(F)ccc12. The molecule has 0 aliphatic heterocycles. The molecule has 0 spiro atoms. The number of aromatic amines is 1. The number of carbonyl (C=O) groups excluding carboxylic acids is 1. The van der Waals surface area contributed by atoms with E-state index in [9.17, 15) is 14.3 Å². The van der Waals surface area contributed by atoms with Crippen LogP contribution in [0.3, 0.4) is 0 Å². The number of nitrogens with one attached hydrogen (secondary N) is 2. The fourth-order valence-electron chi connectivity index (χ4n) is 2.48. The summed E-state index contributed by atoms with van der Waals surface area (Å²) < 4.78 is 14.2. The predicted molar refractivity (Wildman–Crippen MR) is 97.6 cm³/mol. The van der Waals surface area contributed by atoms with Crippen molar-refractivity contribution in [1.29, 1.82) is 0 Å². The number of H-pyrrole nitrogens is 1. The molecule has 2 aromatic carbocycles. The van der Waals surface area contributed by atoms with E-state index >= 15 is 0 Å². The molecule has 0 saturated heterocycles. The number of amides is 1. The second-order valence-electron chi connectivity index (χ2n) is 5.45. The van der Waals surface area contributed by atoms with E-state index in [1.165, 1.54) is 29.5 Å². The van der Waals surface area contributed by atoms with Crippen molar-refractivity contribution < 1.29 is 14.3 Å². The van der Waals surface area contributed by atoms with Gasteiger partial charge in [-0.05, 0) is 30.3 Å². The quantitative estimate of drug-likeness (QED) is 0.465. The Morgan fingerprint density at radius 3 is 3.00 bits per heavy atom. The van der Waals surface area contributed by atoms with Crippen molar-refractivity contribution >= 4 is 49.2 Å². The Morgan fingerprint density at radius 2 is 2.15 bits per heavy atom. The highest BCUT2D eigenvalue weighted by atomic mass is 32.1. The Hall–Kier alpha value is -3.33. The van der Waals surface area contributed by atoms with Crippen LogP contribution in [0.25, 0.3) is 21.1 Å². The van der Waals surface area contributed by atoms with Gasteiger partial charge in [-0.15, -0.1) is 10.2 Å². The van der Waals surface area contributed by atoms with Gasteiger partial charge in [0.2, 0.25) is 5.88 Å². The number of hydrogen-bond acceptors (Lipinski definition) is 6. The molecule has 0 bridgehead atoms. The maximum atomic E-state index is 13.2. The molecule has 1 amide bonds. The first-order valence-corrected chi connectivity index (χ1v) is 8.46. The largest absolute Gasteiger partial charge is 0.493 e. The van der Waals surface area contributed by atoms with E-state index < -0.39 is 11.7 Å². The first-order valence-electron chi connectivity index (χ1n) is 7.64. The number of carbonyl (C=O) groups is 1. The van der Waals surface area contributed by atoms with Gasteiger partial charge in [0.15, 0.2) is 10.8 Å². The van der Waals surface area contributed by atoms with Gasteiger partial charge in [0.05, 0.1) is 15.7 Å². The second kappa shape index (κ2) is 6.52. The molecule has 26 heavy (non-hydrogen) atoms. The molecule has 7 nitrogen and oxygen atoms in total. The van der Waals surface area contributed by atoms with Crippen molar-refractivity contribution in [2.75, 3.05) is 11.9 Å². The van der Waals surface area contributed by atoms with Gasteiger partial charge in [0, 0.05) is 5.39 Å². The van der Waals surface area contributed by atoms with Crippen LogP contribution in [-0.2, 0) is 4.79 Å². The molecule has 4 aromatic rings. The number of nitrogens with zero attached hydrogens (tertiary/aromatic N) is 3. The average molecular weight is 369 g/mol. The molecule has 130 valence electrons. The van der Waals surface area contributed by atoms with Crippen LogP contribution in [0.4, 0.5) is 15.2 Å². The van der Waals surface area contributed by atoms with Crippen molar-refractivity contribution in [2.45, 2.75) is 0 Å². The summed E-state index contributed by atoms with van der Waals surface area (Å²) in [5.74, 6) is -1.25. The zero-order valence-electron chi connectivity index (χ0n) is 13.2. The minimum Gasteiger partial charge on any atom is -0.493 e. The number of para-hydroxylation sites is 1. The lowest BCUT2D eigenvalue weighted by Gasteiger charge is -1.96. The summed E-state index contributed by atoms with van der Waals surface area (Å²) in [4.78, 5) is 18.9. The maximum Gasteiger partial charge on any atom is 0.283 e. The molecule has 2 aromatic heterocycles. The fourth-order valence-corrected chi connectivity index (χ4v) is 3.34. The van der Waals surface area contributed by atoms with Gasteiger partial charge in [0.1, 0.15) is 12.4 Å². The molecule has 0 fully saturated rings. The molecule has 0 unspecified atom stereocenters. The van der Waals surface area contributed by atoms with Crippen molar-refractivity contribution in [2.24, 2.45) is 10.2 Å². The molecular weight excluding hydrogens is 357 g/mol. The van der Waals surface area contributed by atoms with Crippen LogP contribution in [0.15, 0.2) is 52.7 Å². The molecule has 0 aliphatic rings. The number of hydrogen-bond donors (Lipinski definition) is 3. The number of fused-ring (bicyclic) bond motifs is 2. The predicted octanol–water partition coefficient (Wildman–Crippen LogP) is 4.34. The summed E-state index contributed by atoms with van der Waals surface area (Å²) in [6, 6.07) is 11.6. The minimum atomic E-state index is -0.528. The van der Waals surface area contributed by atoms with E-state index in [0.29, 0.717) is 16.0 Å². The van der Waals surface area contributed by atoms with Gasteiger partial charge in [-0.3, -0.25) is 4.79 Å². The van der Waals surface area contributed by atoms with Crippen LogP contribution in [0.1, 0.15) is 0 Å². The summed E-state index contributed by atoms with van der Waals surface area (Å²) in [5.41, 5.74) is 1.31. The number of benzene rings is 2. The van der Waals surface area contributed by atoms with Crippen molar-refractivity contribution in [3.63, 3.8) is 0 Å². The van der Waals surface area contributed by atoms with Gasteiger partial charge in [0.25, 0.3) is 5.91 Å². The lowest BCUT2D eigenvalue weighted by molar-refractivity contribution is -0.116. The second-order valence-corrected chi connectivity index (χ2v) is 6.48. The zero-order chi connectivity index (χ0) is 18.1. The normalized spacial score (nSPS) is 11.6. The average Bonchev–Trinajstić information content (AvgIpc) is 3.17. The molecule has 0 aliphatic carbocycles. The Kier molecular flexibility index (Phi) is 4.05. The maximum absolute atomic E-state index is 13.2. The molecule has 0 saturated carbocycles. The molecule has 3 N–H and O–H groups in total. The fraction of sp³-hybridized carbons (Fsp3) is 0.0588. The van der Waals surface area contributed by atoms with Crippen molar-refractivity contribution in [1.82, 2.24) is 9.97 Å². The molecule has 4 rings (SSSR count). The monoisotopic (exact) mass is 369 g/mol. The minimum absolute atomic E-state index is 0.0823. The third-order valence-corrected chi connectivity index (χ3v) is 4.65. The number of azo groups is 1. The van der Waals surface area contributed by atoms with Gasteiger partial charge < -0.3 is 15.4 Å². The van der Waals surface area contributed by atoms with Gasteiger partial charge in [-0.1, -0.05) is 23.5 Å². The smallest absolute Gasteiger partial charge is 0.283 e. The third-order valence-electron chi connectivity index (χ3n) is 3.66. The van der Waals surface area contributed by atoms with E-state index in [4.69, 9.17) is 0 Å². The number of thiazole rings is 1. The summed E-state index contributed by atoms with van der Waals surface area (Å²) >= 11 is 1.43. The summed E-state index contributed by atoms with van der Waals surface area (Å²) in [5, 5.41) is 21.2. The van der Waals surface area contributed by atoms with Crippen LogP contribution in [0.2, 0.25) is 0 Å². The number of aromatic hydroxyl groups is 1. The highest BCUT2D eigenvalue weighted by Crippen LogP contribution is 2.35. The van der Waals surface area contributed by atoms with Crippen LogP contribution in [0.5, 0.6) is 5.88 Å². The lowest BCUT2D eigenvalue weighted by Crippen LogP contribution is -2.10. The first-order chi connectivity index (χ1) is 12.6. The zero-order valence-corrected chi connectivity index (χ0v) is 14.0. The summed E-state index contributed by atoms with van der Waals surface area (Å²) in [6.45, 7) is -0.0823. The Bertz CT molecular complexity index is 1120. The number of halogens is 1. The van der Waals surface area contributed by atoms with E-state index in [2.05, 4.69) is 25.5 Å². The molecule has 0 atom stereocenters. The molecule has 0 radical (unpaired) electrons. The van der Waals surface area contributed by atoms with Crippen LogP contribution < -0.4 is 5.32 Å². The van der Waals surface area contributed by atoms with E-state index in [-0.39, 0.29) is 18.1 Å². The Morgan fingerprint density at radius 1 is 1.31 bits per heavy atom. The number of aromatic nitrogens is 2. The summed E-state index contributed by atoms with van der Waals surface area (Å²) in [7, 11) is 0. The highest BCUT2D eigenvalue weighted by Gasteiger charge is 2.12. The van der Waals surface area contributed by atoms with Crippen molar-refractivity contribution in [3.05, 3.63) is 48.3 Å². The highest BCUT2D eigenvalue weighted by molar-refractivity contribution is 7.22.